The molecular formula is C27H40O3. The van der Waals surface area contributed by atoms with Crippen LogP contribution in [0.3, 0.4) is 0 Å². The fraction of sp³-hybridized carbons (Fsp3) is 0.815. The Balaban J connectivity index is 1.45. The van der Waals surface area contributed by atoms with E-state index in [1.165, 1.54) is 32.1 Å². The van der Waals surface area contributed by atoms with Crippen molar-refractivity contribution in [2.24, 2.45) is 40.4 Å². The van der Waals surface area contributed by atoms with Crippen LogP contribution in [0.25, 0.3) is 0 Å². The van der Waals surface area contributed by atoms with E-state index in [2.05, 4.69) is 32.8 Å². The van der Waals surface area contributed by atoms with Gasteiger partial charge in [-0.1, -0.05) is 38.3 Å². The van der Waals surface area contributed by atoms with Gasteiger partial charge in [0.25, 0.3) is 0 Å². The van der Waals surface area contributed by atoms with Gasteiger partial charge in [-0.05, 0) is 98.2 Å². The van der Waals surface area contributed by atoms with Crippen molar-refractivity contribution in [2.75, 3.05) is 6.61 Å². The lowest BCUT2D eigenvalue weighted by molar-refractivity contribution is -0.142. The minimum atomic E-state index is -0.152. The molecule has 30 heavy (non-hydrogen) atoms. The van der Waals surface area contributed by atoms with E-state index < -0.39 is 0 Å². The van der Waals surface area contributed by atoms with Crippen LogP contribution in [0.15, 0.2) is 11.6 Å². The SMILES string of the molecule is C#CCOC(=O)CC[C@@H](C)[C@H]1CC[C@H]2[C@@H]3CC=C4C[C@H](O)CC[C@]4(C)[C@H]3CC[C@]12C. The predicted molar refractivity (Wildman–Crippen MR) is 119 cm³/mol. The van der Waals surface area contributed by atoms with Gasteiger partial charge in [-0.25, -0.2) is 0 Å². The topological polar surface area (TPSA) is 46.5 Å². The molecule has 1 N–H and O–H groups in total. The lowest BCUT2D eigenvalue weighted by Gasteiger charge is -2.58. The summed E-state index contributed by atoms with van der Waals surface area (Å²) in [6.07, 6.45) is 18.5. The maximum atomic E-state index is 11.9. The first-order chi connectivity index (χ1) is 14.3. The first kappa shape index (κ1) is 21.9. The van der Waals surface area contributed by atoms with E-state index in [1.807, 2.05) is 0 Å². The summed E-state index contributed by atoms with van der Waals surface area (Å²) in [5, 5.41) is 10.2. The van der Waals surface area contributed by atoms with E-state index in [1.54, 1.807) is 5.57 Å². The number of carbonyl (C=O) groups is 1. The molecule has 166 valence electrons. The average Bonchev–Trinajstić information content (AvgIpc) is 3.08. The van der Waals surface area contributed by atoms with Gasteiger partial charge in [0.15, 0.2) is 6.61 Å². The van der Waals surface area contributed by atoms with Crippen LogP contribution in [0.4, 0.5) is 0 Å². The Hall–Kier alpha value is -1.27. The van der Waals surface area contributed by atoms with Crippen LogP contribution in [0.5, 0.6) is 0 Å². The Morgan fingerprint density at radius 2 is 2.07 bits per heavy atom. The minimum absolute atomic E-state index is 0.0881. The quantitative estimate of drug-likeness (QED) is 0.367. The zero-order valence-electron chi connectivity index (χ0n) is 19.2. The monoisotopic (exact) mass is 412 g/mol. The molecule has 4 aliphatic rings. The molecule has 0 amide bonds. The van der Waals surface area contributed by atoms with Crippen LogP contribution in [0, 0.1) is 52.8 Å². The molecule has 0 aromatic rings. The summed E-state index contributed by atoms with van der Waals surface area (Å²) in [7, 11) is 0. The minimum Gasteiger partial charge on any atom is -0.452 e. The molecule has 3 saturated carbocycles. The van der Waals surface area contributed by atoms with Crippen LogP contribution in [0.1, 0.15) is 85.0 Å². The van der Waals surface area contributed by atoms with Gasteiger partial charge < -0.3 is 9.84 Å². The highest BCUT2D eigenvalue weighted by Crippen LogP contribution is 2.67. The maximum Gasteiger partial charge on any atom is 0.306 e. The first-order valence-corrected chi connectivity index (χ1v) is 12.3. The number of carbonyl (C=O) groups excluding carboxylic acids is 1. The van der Waals surface area contributed by atoms with Crippen molar-refractivity contribution in [3.63, 3.8) is 0 Å². The zero-order valence-corrected chi connectivity index (χ0v) is 19.2. The second-order valence-corrected chi connectivity index (χ2v) is 11.3. The Labute approximate surface area is 183 Å². The summed E-state index contributed by atoms with van der Waals surface area (Å²) in [6.45, 7) is 7.50. The highest BCUT2D eigenvalue weighted by atomic mass is 16.5. The maximum absolute atomic E-state index is 11.9. The van der Waals surface area contributed by atoms with E-state index in [4.69, 9.17) is 11.2 Å². The normalized spacial score (nSPS) is 43.4. The number of rotatable bonds is 5. The molecule has 0 aliphatic heterocycles. The fourth-order valence-corrected chi connectivity index (χ4v) is 8.36. The highest BCUT2D eigenvalue weighted by Gasteiger charge is 2.59. The predicted octanol–water partition coefficient (Wildman–Crippen LogP) is 5.52. The molecule has 0 aromatic carbocycles. The molecule has 0 aromatic heterocycles. The zero-order chi connectivity index (χ0) is 21.5. The third-order valence-corrected chi connectivity index (χ3v) is 9.96. The molecule has 4 aliphatic carbocycles. The number of fused-ring (bicyclic) bond motifs is 5. The molecule has 0 unspecified atom stereocenters. The van der Waals surface area contributed by atoms with Gasteiger partial charge in [-0.15, -0.1) is 6.42 Å². The Bertz CT molecular complexity index is 733. The molecule has 4 rings (SSSR count). The third-order valence-electron chi connectivity index (χ3n) is 9.96. The van der Waals surface area contributed by atoms with Gasteiger partial charge in [-0.3, -0.25) is 4.79 Å². The Morgan fingerprint density at radius 1 is 1.27 bits per heavy atom. The standard InChI is InChI=1S/C27H40O3/c1-5-16-30-25(29)11-6-18(2)22-9-10-23-21-8-7-19-17-20(28)12-14-26(19,3)24(21)13-15-27(22,23)4/h1,7,18,20-24,28H,6,8-17H2,2-4H3/t18-,20-,21+,22-,23+,24+,26+,27-/m1/s1. The number of allylic oxidation sites excluding steroid dienone is 1. The Morgan fingerprint density at radius 3 is 2.83 bits per heavy atom. The highest BCUT2D eigenvalue weighted by molar-refractivity contribution is 5.69. The third kappa shape index (κ3) is 3.64. The smallest absolute Gasteiger partial charge is 0.306 e. The summed E-state index contributed by atoms with van der Waals surface area (Å²) < 4.78 is 5.08. The van der Waals surface area contributed by atoms with Crippen molar-refractivity contribution in [1.82, 2.24) is 0 Å². The molecule has 3 nitrogen and oxygen atoms in total. The van der Waals surface area contributed by atoms with Gasteiger partial charge in [0.2, 0.25) is 0 Å². The second-order valence-electron chi connectivity index (χ2n) is 11.3. The van der Waals surface area contributed by atoms with Gasteiger partial charge in [0.05, 0.1) is 6.10 Å². The summed E-state index contributed by atoms with van der Waals surface area (Å²) in [5.41, 5.74) is 2.27. The lowest BCUT2D eigenvalue weighted by atomic mass is 9.47. The van der Waals surface area contributed by atoms with Crippen LogP contribution < -0.4 is 0 Å². The number of esters is 1. The van der Waals surface area contributed by atoms with E-state index in [9.17, 15) is 9.90 Å². The van der Waals surface area contributed by atoms with Crippen LogP contribution in [-0.4, -0.2) is 23.8 Å². The summed E-state index contributed by atoms with van der Waals surface area (Å²) in [4.78, 5) is 11.9. The molecule has 8 atom stereocenters. The van der Waals surface area contributed by atoms with Gasteiger partial charge >= 0.3 is 5.97 Å². The molecule has 0 bridgehead atoms. The molecule has 0 saturated heterocycles. The van der Waals surface area contributed by atoms with E-state index in [0.29, 0.717) is 29.1 Å². The molecule has 0 radical (unpaired) electrons. The van der Waals surface area contributed by atoms with E-state index in [0.717, 1.165) is 43.4 Å². The van der Waals surface area contributed by atoms with Crippen LogP contribution in [-0.2, 0) is 9.53 Å². The average molecular weight is 413 g/mol. The van der Waals surface area contributed by atoms with Crippen molar-refractivity contribution in [3.05, 3.63) is 11.6 Å². The molecule has 3 fully saturated rings. The molecule has 0 heterocycles. The molecule has 3 heteroatoms. The van der Waals surface area contributed by atoms with Crippen molar-refractivity contribution < 1.29 is 14.6 Å². The fourth-order valence-electron chi connectivity index (χ4n) is 8.36. The van der Waals surface area contributed by atoms with E-state index >= 15 is 0 Å². The first-order valence-electron chi connectivity index (χ1n) is 12.3. The number of aliphatic hydroxyl groups is 1. The Kier molecular flexibility index (Phi) is 6.10. The number of hydrogen-bond acceptors (Lipinski definition) is 3. The number of terminal acetylenes is 1. The van der Waals surface area contributed by atoms with Gasteiger partial charge in [0, 0.05) is 6.42 Å². The molecule has 0 spiro atoms. The van der Waals surface area contributed by atoms with Crippen LogP contribution >= 0.6 is 0 Å². The van der Waals surface area contributed by atoms with Crippen molar-refractivity contribution in [1.29, 1.82) is 0 Å². The van der Waals surface area contributed by atoms with Gasteiger partial charge in [-0.2, -0.15) is 0 Å². The summed E-state index contributed by atoms with van der Waals surface area (Å²) in [5.74, 6) is 5.86. The van der Waals surface area contributed by atoms with Crippen molar-refractivity contribution >= 4 is 5.97 Å². The number of ether oxygens (including phenoxy) is 1. The number of aliphatic hydroxyl groups excluding tert-OH is 1. The van der Waals surface area contributed by atoms with Crippen LogP contribution in [0.2, 0.25) is 0 Å². The lowest BCUT2D eigenvalue weighted by Crippen LogP contribution is -2.50. The summed E-state index contributed by atoms with van der Waals surface area (Å²) >= 11 is 0. The second kappa shape index (κ2) is 8.34. The largest absolute Gasteiger partial charge is 0.452 e. The summed E-state index contributed by atoms with van der Waals surface area (Å²) in [6, 6.07) is 0. The number of hydrogen-bond donors (Lipinski definition) is 1. The van der Waals surface area contributed by atoms with Gasteiger partial charge in [0.1, 0.15) is 0 Å². The molecular weight excluding hydrogens is 372 g/mol. The van der Waals surface area contributed by atoms with E-state index in [-0.39, 0.29) is 18.7 Å². The van der Waals surface area contributed by atoms with Crippen molar-refractivity contribution in [3.8, 4) is 12.3 Å². The van der Waals surface area contributed by atoms with Crippen molar-refractivity contribution in [2.45, 2.75) is 91.1 Å².